The van der Waals surface area contributed by atoms with Crippen molar-refractivity contribution >= 4 is 11.6 Å². The third-order valence-corrected chi connectivity index (χ3v) is 3.18. The molecule has 0 aliphatic heterocycles. The van der Waals surface area contributed by atoms with Gasteiger partial charge in [0.25, 0.3) is 5.56 Å². The third-order valence-electron chi connectivity index (χ3n) is 2.81. The van der Waals surface area contributed by atoms with Gasteiger partial charge in [0.1, 0.15) is 5.82 Å². The highest BCUT2D eigenvalue weighted by Crippen LogP contribution is 2.17. The van der Waals surface area contributed by atoms with Crippen molar-refractivity contribution in [3.05, 3.63) is 67.2 Å². The van der Waals surface area contributed by atoms with Gasteiger partial charge in [-0.25, -0.2) is 9.18 Å². The van der Waals surface area contributed by atoms with E-state index in [1.54, 1.807) is 0 Å². The first kappa shape index (κ1) is 13.5. The van der Waals surface area contributed by atoms with E-state index in [1.807, 2.05) is 6.92 Å². The summed E-state index contributed by atoms with van der Waals surface area (Å²) >= 11 is 5.95. The normalized spacial score (nSPS) is 10.7. The molecule has 0 radical (unpaired) electrons. The molecule has 0 amide bonds. The molecule has 1 heterocycles. The Morgan fingerprint density at radius 2 is 2.05 bits per heavy atom. The summed E-state index contributed by atoms with van der Waals surface area (Å²) in [4.78, 5) is 25.3. The Labute approximate surface area is 113 Å². The van der Waals surface area contributed by atoms with Crippen LogP contribution in [0.1, 0.15) is 18.1 Å². The SMILES string of the molecule is CCc1cn(Cc2cc(F)ccc2Cl)c(=O)[nH]c1=O. The van der Waals surface area contributed by atoms with E-state index in [-0.39, 0.29) is 6.54 Å². The van der Waals surface area contributed by atoms with Crippen LogP contribution in [-0.2, 0) is 13.0 Å². The Bertz CT molecular complexity index is 721. The molecule has 4 nitrogen and oxygen atoms in total. The van der Waals surface area contributed by atoms with Gasteiger partial charge in [0.2, 0.25) is 0 Å². The van der Waals surface area contributed by atoms with Crippen LogP contribution in [0.25, 0.3) is 0 Å². The predicted molar refractivity (Wildman–Crippen MR) is 71.2 cm³/mol. The molecule has 0 atom stereocenters. The van der Waals surface area contributed by atoms with Crippen LogP contribution in [0.4, 0.5) is 4.39 Å². The molecule has 1 aromatic heterocycles. The maximum Gasteiger partial charge on any atom is 0.328 e. The number of nitrogens with zero attached hydrogens (tertiary/aromatic N) is 1. The Hall–Kier alpha value is -1.88. The third kappa shape index (κ3) is 2.93. The van der Waals surface area contributed by atoms with E-state index < -0.39 is 17.1 Å². The lowest BCUT2D eigenvalue weighted by Crippen LogP contribution is -2.31. The quantitative estimate of drug-likeness (QED) is 0.935. The summed E-state index contributed by atoms with van der Waals surface area (Å²) in [5.74, 6) is -0.424. The predicted octanol–water partition coefficient (Wildman–Crippen LogP) is 1.94. The molecule has 0 saturated carbocycles. The zero-order valence-corrected chi connectivity index (χ0v) is 11.0. The molecule has 0 spiro atoms. The average Bonchev–Trinajstić information content (AvgIpc) is 2.37. The Kier molecular flexibility index (Phi) is 3.85. The van der Waals surface area contributed by atoms with E-state index >= 15 is 0 Å². The summed E-state index contributed by atoms with van der Waals surface area (Å²) in [6.07, 6.45) is 1.98. The standard InChI is InChI=1S/C13H12ClFN2O2/c1-2-8-6-17(13(19)16-12(8)18)7-9-5-10(15)3-4-11(9)14/h3-6H,2,7H2,1H3,(H,16,18,19). The van der Waals surface area contributed by atoms with Gasteiger partial charge in [-0.2, -0.15) is 0 Å². The van der Waals surface area contributed by atoms with E-state index in [4.69, 9.17) is 11.6 Å². The summed E-state index contributed by atoms with van der Waals surface area (Å²) in [6, 6.07) is 3.95. The van der Waals surface area contributed by atoms with E-state index in [9.17, 15) is 14.0 Å². The molecule has 1 N–H and O–H groups in total. The number of rotatable bonds is 3. The molecule has 0 aliphatic carbocycles. The Morgan fingerprint density at radius 3 is 2.74 bits per heavy atom. The number of halogens is 2. The van der Waals surface area contributed by atoms with Crippen LogP contribution in [0.5, 0.6) is 0 Å². The minimum atomic E-state index is -0.539. The average molecular weight is 283 g/mol. The number of aryl methyl sites for hydroxylation is 1. The second-order valence-corrected chi connectivity index (χ2v) is 4.54. The Balaban J connectivity index is 2.46. The van der Waals surface area contributed by atoms with Gasteiger partial charge in [0.15, 0.2) is 0 Å². The highest BCUT2D eigenvalue weighted by molar-refractivity contribution is 6.31. The van der Waals surface area contributed by atoms with Crippen LogP contribution < -0.4 is 11.2 Å². The molecular weight excluding hydrogens is 271 g/mol. The van der Waals surface area contributed by atoms with Crippen molar-refractivity contribution in [2.75, 3.05) is 0 Å². The first-order chi connectivity index (χ1) is 9.01. The smallest absolute Gasteiger partial charge is 0.296 e. The van der Waals surface area contributed by atoms with Crippen molar-refractivity contribution in [3.8, 4) is 0 Å². The zero-order valence-electron chi connectivity index (χ0n) is 10.2. The molecule has 100 valence electrons. The van der Waals surface area contributed by atoms with Crippen molar-refractivity contribution in [2.24, 2.45) is 0 Å². The Morgan fingerprint density at radius 1 is 1.32 bits per heavy atom. The number of hydrogen-bond donors (Lipinski definition) is 1. The summed E-state index contributed by atoms with van der Waals surface area (Å²) in [5.41, 5.74) is 0.0432. The van der Waals surface area contributed by atoms with Crippen molar-refractivity contribution in [3.63, 3.8) is 0 Å². The topological polar surface area (TPSA) is 54.9 Å². The molecule has 1 aromatic carbocycles. The number of H-pyrrole nitrogens is 1. The first-order valence-electron chi connectivity index (χ1n) is 5.78. The highest BCUT2D eigenvalue weighted by Gasteiger charge is 2.07. The number of hydrogen-bond acceptors (Lipinski definition) is 2. The number of nitrogens with one attached hydrogen (secondary N) is 1. The fourth-order valence-corrected chi connectivity index (χ4v) is 1.95. The van der Waals surface area contributed by atoms with E-state index in [0.29, 0.717) is 22.6 Å². The van der Waals surface area contributed by atoms with Crippen molar-refractivity contribution in [1.29, 1.82) is 0 Å². The van der Waals surface area contributed by atoms with Crippen LogP contribution in [0.2, 0.25) is 5.02 Å². The van der Waals surface area contributed by atoms with Crippen LogP contribution >= 0.6 is 11.6 Å². The van der Waals surface area contributed by atoms with Crippen LogP contribution in [0.3, 0.4) is 0 Å². The van der Waals surface area contributed by atoms with Crippen LogP contribution in [0, 0.1) is 5.82 Å². The minimum absolute atomic E-state index is 0.110. The minimum Gasteiger partial charge on any atom is -0.296 e. The highest BCUT2D eigenvalue weighted by atomic mass is 35.5. The first-order valence-corrected chi connectivity index (χ1v) is 6.15. The molecule has 0 bridgehead atoms. The van der Waals surface area contributed by atoms with Gasteiger partial charge >= 0.3 is 5.69 Å². The monoisotopic (exact) mass is 282 g/mol. The van der Waals surface area contributed by atoms with Gasteiger partial charge in [-0.05, 0) is 30.2 Å². The van der Waals surface area contributed by atoms with E-state index in [0.717, 1.165) is 0 Å². The summed E-state index contributed by atoms with van der Waals surface area (Å²) in [6.45, 7) is 1.92. The molecule has 0 saturated heterocycles. The second kappa shape index (κ2) is 5.40. The number of aromatic amines is 1. The lowest BCUT2D eigenvalue weighted by Gasteiger charge is -2.08. The molecule has 6 heteroatoms. The van der Waals surface area contributed by atoms with Crippen LogP contribution in [0.15, 0.2) is 34.0 Å². The van der Waals surface area contributed by atoms with Gasteiger partial charge in [-0.15, -0.1) is 0 Å². The fourth-order valence-electron chi connectivity index (χ4n) is 1.77. The maximum absolute atomic E-state index is 13.2. The molecule has 0 aliphatic rings. The van der Waals surface area contributed by atoms with Gasteiger partial charge in [0.05, 0.1) is 6.54 Å². The van der Waals surface area contributed by atoms with Gasteiger partial charge in [-0.1, -0.05) is 18.5 Å². The number of benzene rings is 1. The molecule has 0 fully saturated rings. The van der Waals surface area contributed by atoms with Gasteiger partial charge in [0, 0.05) is 16.8 Å². The van der Waals surface area contributed by atoms with Gasteiger partial charge < -0.3 is 0 Å². The second-order valence-electron chi connectivity index (χ2n) is 4.13. The molecule has 0 unspecified atom stereocenters. The van der Waals surface area contributed by atoms with E-state index in [2.05, 4.69) is 4.98 Å². The molecular formula is C13H12ClFN2O2. The van der Waals surface area contributed by atoms with Crippen LogP contribution in [-0.4, -0.2) is 9.55 Å². The fraction of sp³-hybridized carbons (Fsp3) is 0.231. The molecule has 2 aromatic rings. The summed E-state index contributed by atoms with van der Waals surface area (Å²) < 4.78 is 14.5. The van der Waals surface area contributed by atoms with Crippen molar-refractivity contribution < 1.29 is 4.39 Å². The molecule has 2 rings (SSSR count). The lowest BCUT2D eigenvalue weighted by molar-refractivity contribution is 0.621. The zero-order chi connectivity index (χ0) is 14.0. The lowest BCUT2D eigenvalue weighted by atomic mass is 10.2. The van der Waals surface area contributed by atoms with Crippen molar-refractivity contribution in [2.45, 2.75) is 19.9 Å². The molecule has 19 heavy (non-hydrogen) atoms. The number of aromatic nitrogens is 2. The van der Waals surface area contributed by atoms with Crippen molar-refractivity contribution in [1.82, 2.24) is 9.55 Å². The largest absolute Gasteiger partial charge is 0.328 e. The summed E-state index contributed by atoms with van der Waals surface area (Å²) in [5, 5.41) is 0.373. The summed E-state index contributed by atoms with van der Waals surface area (Å²) in [7, 11) is 0. The maximum atomic E-state index is 13.2. The van der Waals surface area contributed by atoms with Gasteiger partial charge in [-0.3, -0.25) is 14.3 Å². The van der Waals surface area contributed by atoms with E-state index in [1.165, 1.54) is 29.0 Å².